The third-order valence-electron chi connectivity index (χ3n) is 2.05. The summed E-state index contributed by atoms with van der Waals surface area (Å²) < 4.78 is 5.55. The second-order valence-electron chi connectivity index (χ2n) is 3.21. The van der Waals surface area contributed by atoms with E-state index in [1.807, 2.05) is 24.3 Å². The van der Waals surface area contributed by atoms with Crippen molar-refractivity contribution >= 4 is 33.5 Å². The summed E-state index contributed by atoms with van der Waals surface area (Å²) in [6, 6.07) is 7.88. The molecule has 5 heteroatoms. The van der Waals surface area contributed by atoms with Gasteiger partial charge in [0.25, 0.3) is 0 Å². The van der Waals surface area contributed by atoms with Crippen LogP contribution < -0.4 is 5.32 Å². The van der Waals surface area contributed by atoms with Gasteiger partial charge in [-0.3, -0.25) is 4.79 Å². The zero-order valence-electron chi connectivity index (χ0n) is 8.87. The maximum atomic E-state index is 11.0. The number of benzene rings is 1. The van der Waals surface area contributed by atoms with Crippen LogP contribution in [0.3, 0.4) is 0 Å². The second-order valence-corrected chi connectivity index (χ2v) is 4.59. The van der Waals surface area contributed by atoms with Gasteiger partial charge < -0.3 is 10.1 Å². The Kier molecular flexibility index (Phi) is 5.80. The van der Waals surface area contributed by atoms with E-state index >= 15 is 0 Å². The number of ether oxygens (including phenoxy) is 1. The summed E-state index contributed by atoms with van der Waals surface area (Å²) in [6.07, 6.45) is 0. The largest absolute Gasteiger partial charge is 0.468 e. The fourth-order valence-corrected chi connectivity index (χ4v) is 1.81. The average molecular weight is 307 g/mol. The van der Waals surface area contributed by atoms with Gasteiger partial charge in [0, 0.05) is 17.6 Å². The number of hydrogen-bond acceptors (Lipinski definition) is 3. The normalized spacial score (nSPS) is 12.2. The quantitative estimate of drug-likeness (QED) is 0.670. The molecule has 1 unspecified atom stereocenters. The van der Waals surface area contributed by atoms with Crippen molar-refractivity contribution in [1.29, 1.82) is 0 Å². The molecule has 0 fully saturated rings. The van der Waals surface area contributed by atoms with Crippen LogP contribution in [0.15, 0.2) is 28.7 Å². The van der Waals surface area contributed by atoms with Gasteiger partial charge in [0.05, 0.1) is 7.11 Å². The van der Waals surface area contributed by atoms with E-state index < -0.39 is 11.3 Å². The summed E-state index contributed by atoms with van der Waals surface area (Å²) in [7, 11) is 1.32. The van der Waals surface area contributed by atoms with Crippen LogP contribution >= 0.6 is 27.5 Å². The third kappa shape index (κ3) is 4.12. The summed E-state index contributed by atoms with van der Waals surface area (Å²) in [5, 5.41) is 2.45. The molecule has 0 aliphatic carbocycles. The van der Waals surface area contributed by atoms with Gasteiger partial charge in [-0.2, -0.15) is 0 Å². The Morgan fingerprint density at radius 1 is 1.56 bits per heavy atom. The van der Waals surface area contributed by atoms with Gasteiger partial charge in [-0.1, -0.05) is 34.1 Å². The molecule has 0 aromatic heterocycles. The summed E-state index contributed by atoms with van der Waals surface area (Å²) in [5.41, 5.74) is 1.12. The number of hydrogen-bond donors (Lipinski definition) is 1. The zero-order chi connectivity index (χ0) is 12.0. The molecule has 0 amide bonds. The summed E-state index contributed by atoms with van der Waals surface area (Å²) in [4.78, 5) is 11.0. The summed E-state index contributed by atoms with van der Waals surface area (Å²) >= 11 is 9.23. The van der Waals surface area contributed by atoms with Crippen molar-refractivity contribution < 1.29 is 9.53 Å². The number of halogens is 2. The predicted molar refractivity (Wildman–Crippen MR) is 67.5 cm³/mol. The van der Waals surface area contributed by atoms with Gasteiger partial charge >= 0.3 is 5.97 Å². The monoisotopic (exact) mass is 305 g/mol. The predicted octanol–water partition coefficient (Wildman–Crippen LogP) is 2.32. The summed E-state index contributed by atoms with van der Waals surface area (Å²) in [6.45, 7) is 1.04. The lowest BCUT2D eigenvalue weighted by Gasteiger charge is -2.09. The lowest BCUT2D eigenvalue weighted by molar-refractivity contribution is -0.140. The Hall–Kier alpha value is -0.580. The molecule has 1 aromatic rings. The van der Waals surface area contributed by atoms with Crippen LogP contribution in [0.1, 0.15) is 5.56 Å². The maximum Gasteiger partial charge on any atom is 0.325 e. The molecule has 0 bridgehead atoms. The van der Waals surface area contributed by atoms with E-state index in [2.05, 4.69) is 26.0 Å². The molecule has 1 atom stereocenters. The van der Waals surface area contributed by atoms with Gasteiger partial charge in [0.15, 0.2) is 0 Å². The topological polar surface area (TPSA) is 38.3 Å². The van der Waals surface area contributed by atoms with E-state index in [0.29, 0.717) is 13.1 Å². The molecule has 0 spiro atoms. The molecule has 1 N–H and O–H groups in total. The van der Waals surface area contributed by atoms with Crippen LogP contribution in [0.25, 0.3) is 0 Å². The first-order valence-corrected chi connectivity index (χ1v) is 6.04. The highest BCUT2D eigenvalue weighted by Gasteiger charge is 2.14. The molecular formula is C11H13BrClNO2. The van der Waals surface area contributed by atoms with Gasteiger partial charge in [-0.15, -0.1) is 11.6 Å². The number of esters is 1. The van der Waals surface area contributed by atoms with Crippen LogP contribution in [-0.4, -0.2) is 25.0 Å². The second kappa shape index (κ2) is 6.89. The molecule has 88 valence electrons. The van der Waals surface area contributed by atoms with Gasteiger partial charge in [0.2, 0.25) is 0 Å². The fourth-order valence-electron chi connectivity index (χ4n) is 1.19. The van der Waals surface area contributed by atoms with Crippen molar-refractivity contribution in [2.24, 2.45) is 0 Å². The Morgan fingerprint density at radius 2 is 2.25 bits per heavy atom. The molecule has 0 aliphatic rings. The Morgan fingerprint density at radius 3 is 2.88 bits per heavy atom. The minimum atomic E-state index is -0.646. The molecule has 1 rings (SSSR count). The van der Waals surface area contributed by atoms with Gasteiger partial charge in [0.1, 0.15) is 5.38 Å². The highest BCUT2D eigenvalue weighted by Crippen LogP contribution is 2.15. The van der Waals surface area contributed by atoms with Crippen molar-refractivity contribution in [3.05, 3.63) is 34.3 Å². The average Bonchev–Trinajstić information content (AvgIpc) is 2.30. The van der Waals surface area contributed by atoms with Crippen LogP contribution in [-0.2, 0) is 16.1 Å². The lowest BCUT2D eigenvalue weighted by atomic mass is 10.2. The van der Waals surface area contributed by atoms with Gasteiger partial charge in [-0.25, -0.2) is 0 Å². The van der Waals surface area contributed by atoms with Crippen molar-refractivity contribution in [1.82, 2.24) is 5.32 Å². The number of rotatable bonds is 5. The van der Waals surface area contributed by atoms with Crippen LogP contribution in [0.4, 0.5) is 0 Å². The fraction of sp³-hybridized carbons (Fsp3) is 0.364. The van der Waals surface area contributed by atoms with E-state index in [1.165, 1.54) is 7.11 Å². The minimum Gasteiger partial charge on any atom is -0.468 e. The van der Waals surface area contributed by atoms with Crippen molar-refractivity contribution in [2.75, 3.05) is 13.7 Å². The number of carbonyl (C=O) groups excluding carboxylic acids is 1. The highest BCUT2D eigenvalue weighted by molar-refractivity contribution is 9.10. The smallest absolute Gasteiger partial charge is 0.325 e. The van der Waals surface area contributed by atoms with Crippen LogP contribution in [0.5, 0.6) is 0 Å². The van der Waals surface area contributed by atoms with Crippen LogP contribution in [0, 0.1) is 0 Å². The molecule has 0 saturated carbocycles. The number of nitrogens with one attached hydrogen (secondary N) is 1. The minimum absolute atomic E-state index is 0.384. The third-order valence-corrected chi connectivity index (χ3v) is 3.16. The molecule has 0 saturated heterocycles. The Bertz CT molecular complexity index is 360. The van der Waals surface area contributed by atoms with E-state index in [0.717, 1.165) is 10.0 Å². The Labute approximate surface area is 108 Å². The first-order valence-electron chi connectivity index (χ1n) is 4.81. The Balaban J connectivity index is 2.36. The van der Waals surface area contributed by atoms with Crippen molar-refractivity contribution in [3.63, 3.8) is 0 Å². The molecule has 16 heavy (non-hydrogen) atoms. The lowest BCUT2D eigenvalue weighted by Crippen LogP contribution is -2.29. The summed E-state index contributed by atoms with van der Waals surface area (Å²) in [5.74, 6) is -0.415. The molecule has 1 aromatic carbocycles. The SMILES string of the molecule is COC(=O)C(Cl)CNCc1ccccc1Br. The molecule has 0 heterocycles. The van der Waals surface area contributed by atoms with Crippen LogP contribution in [0.2, 0.25) is 0 Å². The standard InChI is InChI=1S/C11H13BrClNO2/c1-16-11(15)10(13)7-14-6-8-4-2-3-5-9(8)12/h2-5,10,14H,6-7H2,1H3. The maximum absolute atomic E-state index is 11.0. The highest BCUT2D eigenvalue weighted by atomic mass is 79.9. The van der Waals surface area contributed by atoms with E-state index in [1.54, 1.807) is 0 Å². The van der Waals surface area contributed by atoms with E-state index in [-0.39, 0.29) is 0 Å². The number of methoxy groups -OCH3 is 1. The first-order chi connectivity index (χ1) is 7.65. The molecular weight excluding hydrogens is 293 g/mol. The number of alkyl halides is 1. The molecule has 0 radical (unpaired) electrons. The number of carbonyl (C=O) groups is 1. The molecule has 3 nitrogen and oxygen atoms in total. The zero-order valence-corrected chi connectivity index (χ0v) is 11.2. The van der Waals surface area contributed by atoms with Gasteiger partial charge in [-0.05, 0) is 11.6 Å². The molecule has 0 aliphatic heterocycles. The first kappa shape index (κ1) is 13.5. The van der Waals surface area contributed by atoms with E-state index in [4.69, 9.17) is 11.6 Å². The van der Waals surface area contributed by atoms with Crippen molar-refractivity contribution in [2.45, 2.75) is 11.9 Å². The van der Waals surface area contributed by atoms with E-state index in [9.17, 15) is 4.79 Å². The van der Waals surface area contributed by atoms with Crippen molar-refractivity contribution in [3.8, 4) is 0 Å².